The van der Waals surface area contributed by atoms with Crippen molar-refractivity contribution in [2.45, 2.75) is 26.2 Å². The van der Waals surface area contributed by atoms with Crippen molar-refractivity contribution >= 4 is 5.96 Å². The first-order valence-corrected chi connectivity index (χ1v) is 9.01. The maximum Gasteiger partial charge on any atom is 0.190 e. The van der Waals surface area contributed by atoms with E-state index in [0.717, 1.165) is 31.2 Å². The van der Waals surface area contributed by atoms with Gasteiger partial charge in [-0.3, -0.25) is 4.99 Å². The maximum absolute atomic E-state index is 5.39. The minimum atomic E-state index is 0.621. The molecule has 0 amide bonds. The molecule has 2 rings (SSSR count). The van der Waals surface area contributed by atoms with Gasteiger partial charge in [0, 0.05) is 26.7 Å². The number of hydrogen-bond acceptors (Lipinski definition) is 3. The summed E-state index contributed by atoms with van der Waals surface area (Å²) in [4.78, 5) is 6.87. The number of hydrogen-bond donors (Lipinski definition) is 2. The van der Waals surface area contributed by atoms with Crippen LogP contribution in [0.4, 0.5) is 0 Å². The molecule has 0 bridgehead atoms. The van der Waals surface area contributed by atoms with E-state index in [4.69, 9.17) is 4.74 Å². The Bertz CT molecular complexity index is 512. The second-order valence-electron chi connectivity index (χ2n) is 6.55. The van der Waals surface area contributed by atoms with Crippen LogP contribution in [-0.2, 0) is 6.42 Å². The first-order chi connectivity index (χ1) is 11.7. The summed E-state index contributed by atoms with van der Waals surface area (Å²) in [5.41, 5.74) is 1.21. The molecule has 1 unspecified atom stereocenters. The van der Waals surface area contributed by atoms with Crippen LogP contribution in [0.5, 0.6) is 5.75 Å². The number of methoxy groups -OCH3 is 1. The number of para-hydroxylation sites is 1. The van der Waals surface area contributed by atoms with E-state index in [2.05, 4.69) is 33.5 Å². The number of nitrogens with zero attached hydrogens (tertiary/aromatic N) is 2. The molecule has 0 aliphatic carbocycles. The number of nitrogens with one attached hydrogen (secondary N) is 2. The lowest BCUT2D eigenvalue weighted by atomic mass is 10.1. The van der Waals surface area contributed by atoms with Crippen molar-refractivity contribution in [1.82, 2.24) is 15.5 Å². The molecule has 1 aliphatic heterocycles. The lowest BCUT2D eigenvalue weighted by Gasteiger charge is -2.21. The molecule has 5 heteroatoms. The van der Waals surface area contributed by atoms with Gasteiger partial charge in [0.2, 0.25) is 0 Å². The molecule has 1 fully saturated rings. The zero-order valence-corrected chi connectivity index (χ0v) is 15.3. The van der Waals surface area contributed by atoms with Gasteiger partial charge in [0.25, 0.3) is 0 Å². The Hall–Kier alpha value is -1.75. The summed E-state index contributed by atoms with van der Waals surface area (Å²) >= 11 is 0. The van der Waals surface area contributed by atoms with Crippen molar-refractivity contribution in [3.63, 3.8) is 0 Å². The minimum absolute atomic E-state index is 0.621. The zero-order chi connectivity index (χ0) is 17.2. The summed E-state index contributed by atoms with van der Waals surface area (Å²) in [6, 6.07) is 8.15. The summed E-state index contributed by atoms with van der Waals surface area (Å²) in [6.45, 7) is 7.77. The molecule has 1 saturated heterocycles. The number of aliphatic imine (C=N–C) groups is 1. The molecule has 1 aromatic carbocycles. The number of rotatable bonds is 8. The van der Waals surface area contributed by atoms with Crippen molar-refractivity contribution in [2.24, 2.45) is 10.9 Å². The van der Waals surface area contributed by atoms with Gasteiger partial charge in [0.05, 0.1) is 7.11 Å². The Labute approximate surface area is 146 Å². The first-order valence-electron chi connectivity index (χ1n) is 9.01. The average Bonchev–Trinajstić information content (AvgIpc) is 3.11. The van der Waals surface area contributed by atoms with Gasteiger partial charge in [-0.1, -0.05) is 25.1 Å². The Morgan fingerprint density at radius 1 is 1.25 bits per heavy atom. The standard InChI is InChI=1S/C19H32N4O/c1-16(15-23-12-6-7-13-23)14-22-19(20-2)21-11-10-17-8-4-5-9-18(17)24-3/h4-5,8-9,16H,6-7,10-15H2,1-3H3,(H2,20,21,22). The predicted octanol–water partition coefficient (Wildman–Crippen LogP) is 2.13. The van der Waals surface area contributed by atoms with E-state index < -0.39 is 0 Å². The summed E-state index contributed by atoms with van der Waals surface area (Å²) in [6.07, 6.45) is 3.62. The van der Waals surface area contributed by atoms with Crippen LogP contribution < -0.4 is 15.4 Å². The van der Waals surface area contributed by atoms with E-state index >= 15 is 0 Å². The summed E-state index contributed by atoms with van der Waals surface area (Å²) < 4.78 is 5.39. The van der Waals surface area contributed by atoms with Crippen molar-refractivity contribution in [3.05, 3.63) is 29.8 Å². The molecule has 1 heterocycles. The summed E-state index contributed by atoms with van der Waals surface area (Å²) in [7, 11) is 3.54. The van der Waals surface area contributed by atoms with Crippen LogP contribution in [-0.4, -0.2) is 57.7 Å². The van der Waals surface area contributed by atoms with Gasteiger partial charge in [0.1, 0.15) is 5.75 Å². The van der Waals surface area contributed by atoms with E-state index in [1.807, 2.05) is 25.2 Å². The lowest BCUT2D eigenvalue weighted by Crippen LogP contribution is -2.42. The van der Waals surface area contributed by atoms with Gasteiger partial charge < -0.3 is 20.3 Å². The van der Waals surface area contributed by atoms with Crippen LogP contribution in [0, 0.1) is 5.92 Å². The number of likely N-dealkylation sites (tertiary alicyclic amines) is 1. The highest BCUT2D eigenvalue weighted by Crippen LogP contribution is 2.17. The SMILES string of the molecule is CN=C(NCCc1ccccc1OC)NCC(C)CN1CCCC1. The number of benzene rings is 1. The van der Waals surface area contributed by atoms with Gasteiger partial charge in [0.15, 0.2) is 5.96 Å². The highest BCUT2D eigenvalue weighted by Gasteiger charge is 2.14. The van der Waals surface area contributed by atoms with Gasteiger partial charge in [-0.15, -0.1) is 0 Å². The van der Waals surface area contributed by atoms with Crippen LogP contribution in [0.3, 0.4) is 0 Å². The third kappa shape index (κ3) is 6.04. The molecule has 1 atom stereocenters. The number of guanidine groups is 1. The molecule has 2 N–H and O–H groups in total. The second kappa shape index (κ2) is 10.2. The molecule has 0 spiro atoms. The molecule has 1 aromatic rings. The van der Waals surface area contributed by atoms with Crippen molar-refractivity contribution < 1.29 is 4.74 Å². The van der Waals surface area contributed by atoms with E-state index in [9.17, 15) is 0 Å². The molecule has 24 heavy (non-hydrogen) atoms. The smallest absolute Gasteiger partial charge is 0.190 e. The highest BCUT2D eigenvalue weighted by molar-refractivity contribution is 5.79. The summed E-state index contributed by atoms with van der Waals surface area (Å²) in [5, 5.41) is 6.83. The number of ether oxygens (including phenoxy) is 1. The van der Waals surface area contributed by atoms with Crippen LogP contribution >= 0.6 is 0 Å². The quantitative estimate of drug-likeness (QED) is 0.566. The van der Waals surface area contributed by atoms with E-state index in [0.29, 0.717) is 5.92 Å². The van der Waals surface area contributed by atoms with E-state index in [1.165, 1.54) is 38.0 Å². The molecule has 0 saturated carbocycles. The first kappa shape index (κ1) is 18.6. The Morgan fingerprint density at radius 3 is 2.71 bits per heavy atom. The normalized spacial score (nSPS) is 16.9. The minimum Gasteiger partial charge on any atom is -0.496 e. The molecule has 5 nitrogen and oxygen atoms in total. The van der Waals surface area contributed by atoms with Gasteiger partial charge >= 0.3 is 0 Å². The monoisotopic (exact) mass is 332 g/mol. The highest BCUT2D eigenvalue weighted by atomic mass is 16.5. The van der Waals surface area contributed by atoms with Gasteiger partial charge in [-0.2, -0.15) is 0 Å². The lowest BCUT2D eigenvalue weighted by molar-refractivity contribution is 0.287. The van der Waals surface area contributed by atoms with E-state index in [-0.39, 0.29) is 0 Å². The molecule has 0 radical (unpaired) electrons. The van der Waals surface area contributed by atoms with Crippen molar-refractivity contribution in [3.8, 4) is 5.75 Å². The second-order valence-corrected chi connectivity index (χ2v) is 6.55. The fourth-order valence-corrected chi connectivity index (χ4v) is 3.19. The molecule has 0 aromatic heterocycles. The third-order valence-electron chi connectivity index (χ3n) is 4.49. The van der Waals surface area contributed by atoms with Crippen molar-refractivity contribution in [1.29, 1.82) is 0 Å². The average molecular weight is 332 g/mol. The largest absolute Gasteiger partial charge is 0.496 e. The zero-order valence-electron chi connectivity index (χ0n) is 15.3. The van der Waals surface area contributed by atoms with Crippen LogP contribution in [0.2, 0.25) is 0 Å². The Kier molecular flexibility index (Phi) is 7.89. The Morgan fingerprint density at radius 2 is 2.00 bits per heavy atom. The summed E-state index contributed by atoms with van der Waals surface area (Å²) in [5.74, 6) is 2.44. The fourth-order valence-electron chi connectivity index (χ4n) is 3.19. The molecule has 1 aliphatic rings. The third-order valence-corrected chi connectivity index (χ3v) is 4.49. The molecular weight excluding hydrogens is 300 g/mol. The van der Waals surface area contributed by atoms with E-state index in [1.54, 1.807) is 7.11 Å². The maximum atomic E-state index is 5.39. The Balaban J connectivity index is 1.68. The molecule has 134 valence electrons. The van der Waals surface area contributed by atoms with Gasteiger partial charge in [-0.05, 0) is 49.9 Å². The molecular formula is C19H32N4O. The van der Waals surface area contributed by atoms with Crippen LogP contribution in [0.25, 0.3) is 0 Å². The van der Waals surface area contributed by atoms with Gasteiger partial charge in [-0.25, -0.2) is 0 Å². The predicted molar refractivity (Wildman–Crippen MR) is 101 cm³/mol. The van der Waals surface area contributed by atoms with Crippen LogP contribution in [0.1, 0.15) is 25.3 Å². The fraction of sp³-hybridized carbons (Fsp3) is 0.632. The van der Waals surface area contributed by atoms with Crippen LogP contribution in [0.15, 0.2) is 29.3 Å². The topological polar surface area (TPSA) is 48.9 Å². The van der Waals surface area contributed by atoms with Crippen molar-refractivity contribution in [2.75, 3.05) is 46.9 Å².